The van der Waals surface area contributed by atoms with Crippen molar-refractivity contribution in [2.45, 2.75) is 38.5 Å². The molecule has 0 aliphatic heterocycles. The fourth-order valence-electron chi connectivity index (χ4n) is 1.50. The van der Waals surface area contributed by atoms with Crippen LogP contribution in [0.1, 0.15) is 30.7 Å². The van der Waals surface area contributed by atoms with Crippen LogP contribution in [-0.2, 0) is 19.3 Å². The van der Waals surface area contributed by atoms with E-state index in [0.29, 0.717) is 19.3 Å². The minimum absolute atomic E-state index is 0.0392. The Morgan fingerprint density at radius 1 is 1.24 bits per heavy atom. The lowest BCUT2D eigenvalue weighted by atomic mass is 10.2. The van der Waals surface area contributed by atoms with Gasteiger partial charge in [0.15, 0.2) is 5.69 Å². The summed E-state index contributed by atoms with van der Waals surface area (Å²) < 4.78 is 39.0. The zero-order valence-electron chi connectivity index (χ0n) is 9.24. The van der Waals surface area contributed by atoms with E-state index in [1.807, 2.05) is 0 Å². The van der Waals surface area contributed by atoms with Crippen molar-refractivity contribution in [3.8, 4) is 0 Å². The summed E-state index contributed by atoms with van der Waals surface area (Å²) in [5.41, 5.74) is 4.08. The summed E-state index contributed by atoms with van der Waals surface area (Å²) in [6.07, 6.45) is -2.77. The minimum atomic E-state index is -4.49. The van der Waals surface area contributed by atoms with Gasteiger partial charge >= 0.3 is 6.18 Å². The Morgan fingerprint density at radius 2 is 1.94 bits per heavy atom. The quantitative estimate of drug-likeness (QED) is 0.738. The van der Waals surface area contributed by atoms with Crippen LogP contribution in [0.3, 0.4) is 0 Å². The maximum absolute atomic E-state index is 12.7. The van der Waals surface area contributed by atoms with Crippen LogP contribution < -0.4 is 5.73 Å². The maximum atomic E-state index is 12.7. The van der Waals surface area contributed by atoms with E-state index in [4.69, 9.17) is 10.8 Å². The van der Waals surface area contributed by atoms with E-state index in [0.717, 1.165) is 4.68 Å². The van der Waals surface area contributed by atoms with E-state index in [-0.39, 0.29) is 25.4 Å². The standard InChI is InChI=1S/C9H15F3N4O/c10-9(11,12)8-7(6-13)14-15-16(8)4-2-1-3-5-17/h17H,1-6,13H2. The van der Waals surface area contributed by atoms with Gasteiger partial charge in [-0.3, -0.25) is 0 Å². The van der Waals surface area contributed by atoms with Crippen LogP contribution >= 0.6 is 0 Å². The molecule has 0 aromatic carbocycles. The Bertz CT molecular complexity index is 351. The SMILES string of the molecule is NCc1nnn(CCCCCO)c1C(F)(F)F. The molecule has 0 unspecified atom stereocenters. The molecule has 5 nitrogen and oxygen atoms in total. The van der Waals surface area contributed by atoms with Crippen molar-refractivity contribution in [3.05, 3.63) is 11.4 Å². The fraction of sp³-hybridized carbons (Fsp3) is 0.778. The number of unbranched alkanes of at least 4 members (excludes halogenated alkanes) is 2. The normalized spacial score (nSPS) is 12.1. The number of aliphatic hydroxyl groups is 1. The summed E-state index contributed by atoms with van der Waals surface area (Å²) in [7, 11) is 0. The van der Waals surface area contributed by atoms with E-state index < -0.39 is 11.9 Å². The highest BCUT2D eigenvalue weighted by molar-refractivity contribution is 5.13. The van der Waals surface area contributed by atoms with Gasteiger partial charge in [-0.1, -0.05) is 5.21 Å². The lowest BCUT2D eigenvalue weighted by molar-refractivity contribution is -0.144. The second kappa shape index (κ2) is 5.97. The molecule has 0 atom stereocenters. The number of hydrogen-bond acceptors (Lipinski definition) is 4. The minimum Gasteiger partial charge on any atom is -0.396 e. The van der Waals surface area contributed by atoms with E-state index in [1.165, 1.54) is 0 Å². The average molecular weight is 252 g/mol. The molecule has 0 aliphatic carbocycles. The van der Waals surface area contributed by atoms with Crippen molar-refractivity contribution in [2.75, 3.05) is 6.61 Å². The van der Waals surface area contributed by atoms with Crippen molar-refractivity contribution in [3.63, 3.8) is 0 Å². The molecule has 3 N–H and O–H groups in total. The molecule has 1 aromatic rings. The molecule has 0 aliphatic rings. The fourth-order valence-corrected chi connectivity index (χ4v) is 1.50. The zero-order valence-corrected chi connectivity index (χ0v) is 9.24. The largest absolute Gasteiger partial charge is 0.434 e. The maximum Gasteiger partial charge on any atom is 0.434 e. The van der Waals surface area contributed by atoms with Gasteiger partial charge < -0.3 is 10.8 Å². The molecule has 98 valence electrons. The predicted molar refractivity (Wildman–Crippen MR) is 53.9 cm³/mol. The Kier molecular flexibility index (Phi) is 4.88. The Labute approximate surface area is 96.4 Å². The molecule has 17 heavy (non-hydrogen) atoms. The highest BCUT2D eigenvalue weighted by Gasteiger charge is 2.38. The first kappa shape index (κ1) is 13.9. The Morgan fingerprint density at radius 3 is 2.47 bits per heavy atom. The highest BCUT2D eigenvalue weighted by Crippen LogP contribution is 2.31. The highest BCUT2D eigenvalue weighted by atomic mass is 19.4. The predicted octanol–water partition coefficient (Wildman–Crippen LogP) is 0.918. The third kappa shape index (κ3) is 3.67. The third-order valence-corrected chi connectivity index (χ3v) is 2.29. The summed E-state index contributed by atoms with van der Waals surface area (Å²) in [5.74, 6) is 0. The molecule has 1 heterocycles. The van der Waals surface area contributed by atoms with Crippen LogP contribution in [0.5, 0.6) is 0 Å². The molecule has 1 rings (SSSR count). The van der Waals surface area contributed by atoms with Gasteiger partial charge in [0, 0.05) is 19.7 Å². The van der Waals surface area contributed by atoms with Crippen molar-refractivity contribution < 1.29 is 18.3 Å². The first-order valence-corrected chi connectivity index (χ1v) is 5.31. The molecule has 1 aromatic heterocycles. The number of hydrogen-bond donors (Lipinski definition) is 2. The number of nitrogens with two attached hydrogens (primary N) is 1. The smallest absolute Gasteiger partial charge is 0.396 e. The summed E-state index contributed by atoms with van der Waals surface area (Å²) in [4.78, 5) is 0. The Balaban J connectivity index is 2.75. The number of alkyl halides is 3. The molecule has 0 spiro atoms. The van der Waals surface area contributed by atoms with Crippen LogP contribution in [0.15, 0.2) is 0 Å². The van der Waals surface area contributed by atoms with Crippen LogP contribution in [-0.4, -0.2) is 26.7 Å². The second-order valence-corrected chi connectivity index (χ2v) is 3.59. The van der Waals surface area contributed by atoms with Crippen molar-refractivity contribution >= 4 is 0 Å². The van der Waals surface area contributed by atoms with Crippen LogP contribution in [0, 0.1) is 0 Å². The number of nitrogens with zero attached hydrogens (tertiary/aromatic N) is 3. The van der Waals surface area contributed by atoms with Gasteiger partial charge in [0.1, 0.15) is 5.69 Å². The first-order chi connectivity index (χ1) is 8.00. The lowest BCUT2D eigenvalue weighted by Crippen LogP contribution is -2.18. The van der Waals surface area contributed by atoms with Gasteiger partial charge in [0.25, 0.3) is 0 Å². The monoisotopic (exact) mass is 252 g/mol. The second-order valence-electron chi connectivity index (χ2n) is 3.59. The van der Waals surface area contributed by atoms with Gasteiger partial charge in [-0.25, -0.2) is 4.68 Å². The molecular formula is C9H15F3N4O. The van der Waals surface area contributed by atoms with E-state index in [9.17, 15) is 13.2 Å². The zero-order chi connectivity index (χ0) is 12.9. The van der Waals surface area contributed by atoms with Crippen LogP contribution in [0.4, 0.5) is 13.2 Å². The average Bonchev–Trinajstić information content (AvgIpc) is 2.67. The number of rotatable bonds is 6. The lowest BCUT2D eigenvalue weighted by Gasteiger charge is -2.10. The van der Waals surface area contributed by atoms with E-state index in [1.54, 1.807) is 0 Å². The van der Waals surface area contributed by atoms with Gasteiger partial charge in [-0.2, -0.15) is 13.2 Å². The van der Waals surface area contributed by atoms with Crippen LogP contribution in [0.25, 0.3) is 0 Å². The number of aryl methyl sites for hydroxylation is 1. The topological polar surface area (TPSA) is 77.0 Å². The number of aromatic nitrogens is 3. The van der Waals surface area contributed by atoms with Crippen molar-refractivity contribution in [1.29, 1.82) is 0 Å². The van der Waals surface area contributed by atoms with Crippen LogP contribution in [0.2, 0.25) is 0 Å². The molecule has 0 saturated carbocycles. The first-order valence-electron chi connectivity index (χ1n) is 5.31. The van der Waals surface area contributed by atoms with E-state index >= 15 is 0 Å². The van der Waals surface area contributed by atoms with Crippen molar-refractivity contribution in [2.24, 2.45) is 5.73 Å². The molecule has 8 heteroatoms. The van der Waals surface area contributed by atoms with Gasteiger partial charge in [-0.05, 0) is 19.3 Å². The molecule has 0 amide bonds. The Hall–Kier alpha value is -1.15. The number of aliphatic hydroxyl groups excluding tert-OH is 1. The molecular weight excluding hydrogens is 237 g/mol. The summed E-state index contributed by atoms with van der Waals surface area (Å²) >= 11 is 0. The van der Waals surface area contributed by atoms with Gasteiger partial charge in [-0.15, -0.1) is 5.10 Å². The third-order valence-electron chi connectivity index (χ3n) is 2.29. The molecule has 0 bridgehead atoms. The number of halogens is 3. The molecule has 0 radical (unpaired) electrons. The van der Waals surface area contributed by atoms with E-state index in [2.05, 4.69) is 10.3 Å². The summed E-state index contributed by atoms with van der Waals surface area (Å²) in [5, 5.41) is 15.4. The van der Waals surface area contributed by atoms with Crippen molar-refractivity contribution in [1.82, 2.24) is 15.0 Å². The van der Waals surface area contributed by atoms with Gasteiger partial charge in [0.05, 0.1) is 0 Å². The summed E-state index contributed by atoms with van der Waals surface area (Å²) in [6, 6.07) is 0. The summed E-state index contributed by atoms with van der Waals surface area (Å²) in [6.45, 7) is -0.120. The molecule has 0 fully saturated rings. The molecule has 0 saturated heterocycles. The van der Waals surface area contributed by atoms with Gasteiger partial charge in [0.2, 0.25) is 0 Å².